The number of ketones is 1. The minimum atomic E-state index is -0.142. The monoisotopic (exact) mass is 374 g/mol. The summed E-state index contributed by atoms with van der Waals surface area (Å²) in [6.07, 6.45) is 2.10. The van der Waals surface area contributed by atoms with E-state index in [0.29, 0.717) is 17.8 Å². The fraction of sp³-hybridized carbons (Fsp3) is 0.471. The zero-order valence-electron chi connectivity index (χ0n) is 15.5. The molecule has 0 aliphatic heterocycles. The van der Waals surface area contributed by atoms with Crippen LogP contribution in [0.25, 0.3) is 4.96 Å². The molecule has 1 amide bonds. The molecule has 9 heteroatoms. The summed E-state index contributed by atoms with van der Waals surface area (Å²) in [5.41, 5.74) is 2.90. The van der Waals surface area contributed by atoms with Gasteiger partial charge in [0.2, 0.25) is 10.9 Å². The number of carbonyl (C=O) groups excluding carboxylic acids is 2. The molecule has 0 bridgehead atoms. The highest BCUT2D eigenvalue weighted by Gasteiger charge is 2.20. The number of amides is 1. The number of aryl methyl sites for hydroxylation is 2. The summed E-state index contributed by atoms with van der Waals surface area (Å²) in [4.78, 5) is 29.3. The van der Waals surface area contributed by atoms with Gasteiger partial charge in [0.15, 0.2) is 5.78 Å². The molecule has 1 atom stereocenters. The van der Waals surface area contributed by atoms with Crippen LogP contribution in [0.1, 0.15) is 58.8 Å². The maximum atomic E-state index is 12.3. The summed E-state index contributed by atoms with van der Waals surface area (Å²) in [5.74, 6) is -0.0959. The average molecular weight is 374 g/mol. The largest absolute Gasteiger partial charge is 0.350 e. The van der Waals surface area contributed by atoms with Crippen LogP contribution < -0.4 is 5.32 Å². The van der Waals surface area contributed by atoms with Gasteiger partial charge in [-0.15, -0.1) is 0 Å². The number of hydrogen-bond donors (Lipinski definition) is 1. The van der Waals surface area contributed by atoms with Gasteiger partial charge in [0.25, 0.3) is 0 Å². The Morgan fingerprint density at radius 1 is 1.27 bits per heavy atom. The van der Waals surface area contributed by atoms with Gasteiger partial charge in [-0.1, -0.05) is 11.3 Å². The molecule has 3 aromatic heterocycles. The van der Waals surface area contributed by atoms with Crippen LogP contribution in [0.15, 0.2) is 6.20 Å². The normalized spacial score (nSPS) is 12.5. The highest BCUT2D eigenvalue weighted by Crippen LogP contribution is 2.20. The molecule has 0 fully saturated rings. The Morgan fingerprint density at radius 3 is 2.62 bits per heavy atom. The van der Waals surface area contributed by atoms with Crippen LogP contribution in [0.3, 0.4) is 0 Å². The quantitative estimate of drug-likeness (QED) is 0.669. The standard InChI is InChI=1S/C17H22N6O2S/c1-9(23-11(3)16(12(4)24)10(2)20-23)6-15(25)18-7-14-8-22-17(19-14)26-13(5)21-22/h8-9H,6-7H2,1-5H3,(H,18,25). The van der Waals surface area contributed by atoms with E-state index in [1.54, 1.807) is 9.20 Å². The lowest BCUT2D eigenvalue weighted by Crippen LogP contribution is -2.26. The SMILES string of the molecule is CC(=O)c1c(C)nn(C(C)CC(=O)NCc2cn3nc(C)sc3n2)c1C. The van der Waals surface area contributed by atoms with E-state index < -0.39 is 0 Å². The molecule has 0 spiro atoms. The maximum Gasteiger partial charge on any atom is 0.222 e. The fourth-order valence-corrected chi connectivity index (χ4v) is 3.89. The highest BCUT2D eigenvalue weighted by atomic mass is 32.1. The zero-order chi connectivity index (χ0) is 19.0. The van der Waals surface area contributed by atoms with E-state index in [1.807, 2.05) is 33.9 Å². The lowest BCUT2D eigenvalue weighted by atomic mass is 10.1. The Balaban J connectivity index is 1.61. The van der Waals surface area contributed by atoms with Crippen molar-refractivity contribution in [2.24, 2.45) is 0 Å². The molecule has 3 aromatic rings. The Bertz CT molecular complexity index is 952. The fourth-order valence-electron chi connectivity index (χ4n) is 3.15. The molecular weight excluding hydrogens is 352 g/mol. The summed E-state index contributed by atoms with van der Waals surface area (Å²) in [5, 5.41) is 12.6. The smallest absolute Gasteiger partial charge is 0.222 e. The minimum absolute atomic E-state index is 0.00787. The third-order valence-corrected chi connectivity index (χ3v) is 5.07. The van der Waals surface area contributed by atoms with Crippen molar-refractivity contribution in [2.45, 2.75) is 53.6 Å². The van der Waals surface area contributed by atoms with Crippen molar-refractivity contribution < 1.29 is 9.59 Å². The van der Waals surface area contributed by atoms with Crippen LogP contribution in [-0.4, -0.2) is 36.1 Å². The molecule has 8 nitrogen and oxygen atoms in total. The predicted octanol–water partition coefficient (Wildman–Crippen LogP) is 2.38. The van der Waals surface area contributed by atoms with Crippen LogP contribution in [0, 0.1) is 20.8 Å². The second kappa shape index (κ2) is 6.99. The van der Waals surface area contributed by atoms with Gasteiger partial charge in [0.05, 0.1) is 35.7 Å². The van der Waals surface area contributed by atoms with Gasteiger partial charge >= 0.3 is 0 Å². The summed E-state index contributed by atoms with van der Waals surface area (Å²) < 4.78 is 3.48. The average Bonchev–Trinajstić information content (AvgIpc) is 3.15. The Morgan fingerprint density at radius 2 is 2.00 bits per heavy atom. The van der Waals surface area contributed by atoms with Gasteiger partial charge in [0.1, 0.15) is 5.01 Å². The molecule has 0 aliphatic rings. The molecule has 1 N–H and O–H groups in total. The number of aromatic nitrogens is 5. The number of nitrogens with zero attached hydrogens (tertiary/aromatic N) is 5. The van der Waals surface area contributed by atoms with Crippen molar-refractivity contribution in [2.75, 3.05) is 0 Å². The number of hydrogen-bond acceptors (Lipinski definition) is 6. The third-order valence-electron chi connectivity index (χ3n) is 4.24. The summed E-state index contributed by atoms with van der Waals surface area (Å²) in [6, 6.07) is -0.142. The number of nitrogens with one attached hydrogen (secondary N) is 1. The van der Waals surface area contributed by atoms with Gasteiger partial charge in [-0.25, -0.2) is 9.50 Å². The van der Waals surface area contributed by atoms with E-state index in [-0.39, 0.29) is 24.2 Å². The number of Topliss-reactive ketones (excluding diaryl/α,β-unsaturated/α-hetero) is 1. The van der Waals surface area contributed by atoms with E-state index in [2.05, 4.69) is 20.5 Å². The lowest BCUT2D eigenvalue weighted by Gasteiger charge is -2.14. The predicted molar refractivity (Wildman–Crippen MR) is 98.5 cm³/mol. The second-order valence-electron chi connectivity index (χ2n) is 6.46. The number of imidazole rings is 1. The molecule has 0 saturated heterocycles. The van der Waals surface area contributed by atoms with E-state index >= 15 is 0 Å². The Hall–Kier alpha value is -2.55. The Labute approximate surface area is 155 Å². The molecule has 3 heterocycles. The lowest BCUT2D eigenvalue weighted by molar-refractivity contribution is -0.122. The van der Waals surface area contributed by atoms with E-state index in [9.17, 15) is 9.59 Å². The van der Waals surface area contributed by atoms with Crippen LogP contribution in [-0.2, 0) is 11.3 Å². The molecule has 0 saturated carbocycles. The first-order valence-electron chi connectivity index (χ1n) is 8.41. The minimum Gasteiger partial charge on any atom is -0.350 e. The van der Waals surface area contributed by atoms with Crippen molar-refractivity contribution in [1.29, 1.82) is 0 Å². The van der Waals surface area contributed by atoms with Crippen molar-refractivity contribution >= 4 is 28.0 Å². The summed E-state index contributed by atoms with van der Waals surface area (Å²) in [6.45, 7) is 9.41. The van der Waals surface area contributed by atoms with Crippen molar-refractivity contribution in [1.82, 2.24) is 29.7 Å². The van der Waals surface area contributed by atoms with Gasteiger partial charge in [-0.05, 0) is 34.6 Å². The molecule has 0 aliphatic carbocycles. The van der Waals surface area contributed by atoms with Crippen molar-refractivity contribution in [3.8, 4) is 0 Å². The van der Waals surface area contributed by atoms with Gasteiger partial charge in [-0.3, -0.25) is 14.3 Å². The van der Waals surface area contributed by atoms with Gasteiger partial charge in [0, 0.05) is 12.1 Å². The van der Waals surface area contributed by atoms with E-state index in [0.717, 1.165) is 21.4 Å². The molecule has 138 valence electrons. The molecule has 3 rings (SSSR count). The van der Waals surface area contributed by atoms with Crippen molar-refractivity contribution in [3.63, 3.8) is 0 Å². The Kier molecular flexibility index (Phi) is 4.90. The van der Waals surface area contributed by atoms with Crippen LogP contribution >= 0.6 is 11.3 Å². The molecular formula is C17H22N6O2S. The molecule has 1 unspecified atom stereocenters. The molecule has 26 heavy (non-hydrogen) atoms. The van der Waals surface area contributed by atoms with Crippen LogP contribution in [0.5, 0.6) is 0 Å². The first-order chi connectivity index (χ1) is 12.3. The second-order valence-corrected chi connectivity index (χ2v) is 7.62. The third kappa shape index (κ3) is 3.52. The first-order valence-corrected chi connectivity index (χ1v) is 9.23. The van der Waals surface area contributed by atoms with Crippen molar-refractivity contribution in [3.05, 3.63) is 33.8 Å². The van der Waals surface area contributed by atoms with Gasteiger partial charge < -0.3 is 5.32 Å². The summed E-state index contributed by atoms with van der Waals surface area (Å²) in [7, 11) is 0. The zero-order valence-corrected chi connectivity index (χ0v) is 16.3. The van der Waals surface area contributed by atoms with E-state index in [1.165, 1.54) is 18.3 Å². The molecule has 0 radical (unpaired) electrons. The van der Waals surface area contributed by atoms with Gasteiger partial charge in [-0.2, -0.15) is 10.2 Å². The highest BCUT2D eigenvalue weighted by molar-refractivity contribution is 7.16. The topological polar surface area (TPSA) is 94.2 Å². The first kappa shape index (κ1) is 18.2. The number of fused-ring (bicyclic) bond motifs is 1. The van der Waals surface area contributed by atoms with E-state index in [4.69, 9.17) is 0 Å². The maximum absolute atomic E-state index is 12.3. The number of rotatable bonds is 6. The molecule has 0 aromatic carbocycles. The number of carbonyl (C=O) groups is 2. The summed E-state index contributed by atoms with van der Waals surface area (Å²) >= 11 is 1.51. The van der Waals surface area contributed by atoms with Crippen LogP contribution in [0.2, 0.25) is 0 Å². The van der Waals surface area contributed by atoms with Crippen LogP contribution in [0.4, 0.5) is 0 Å².